The molecule has 0 aromatic carbocycles. The smallest absolute Gasteiger partial charge is 0.399 e. The fourth-order valence-electron chi connectivity index (χ4n) is 1.90. The van der Waals surface area contributed by atoms with Crippen molar-refractivity contribution in [3.63, 3.8) is 0 Å². The van der Waals surface area contributed by atoms with Crippen LogP contribution in [0.4, 0.5) is 0 Å². The highest BCUT2D eigenvalue weighted by Gasteiger charge is 2.52. The lowest BCUT2D eigenvalue weighted by atomic mass is 9.80. The summed E-state index contributed by atoms with van der Waals surface area (Å²) in [6, 6.07) is 3.70. The van der Waals surface area contributed by atoms with Gasteiger partial charge in [0.2, 0.25) is 5.56 Å². The van der Waals surface area contributed by atoms with E-state index >= 15 is 0 Å². The lowest BCUT2D eigenvalue weighted by Crippen LogP contribution is -2.47. The van der Waals surface area contributed by atoms with Gasteiger partial charge in [-0.05, 0) is 40.7 Å². The predicted octanol–water partition coefficient (Wildman–Crippen LogP) is 0.993. The van der Waals surface area contributed by atoms with Gasteiger partial charge in [0.15, 0.2) is 0 Å². The van der Waals surface area contributed by atoms with Crippen molar-refractivity contribution in [2.75, 3.05) is 0 Å². The molecule has 98 valence electrons. The number of hydrogen-bond acceptors (Lipinski definition) is 3. The average molecular weight is 249 g/mol. The van der Waals surface area contributed by atoms with Gasteiger partial charge in [-0.1, -0.05) is 6.07 Å². The Morgan fingerprint density at radius 3 is 2.11 bits per heavy atom. The van der Waals surface area contributed by atoms with E-state index in [0.29, 0.717) is 5.46 Å². The molecule has 1 aliphatic rings. The molecule has 1 aromatic heterocycles. The maximum absolute atomic E-state index is 12.2. The highest BCUT2D eigenvalue weighted by atomic mass is 16.7. The van der Waals surface area contributed by atoms with Crippen molar-refractivity contribution in [3.8, 4) is 0 Å². The molecule has 0 saturated carbocycles. The van der Waals surface area contributed by atoms with Crippen LogP contribution in [0.3, 0.4) is 0 Å². The van der Waals surface area contributed by atoms with Gasteiger partial charge < -0.3 is 13.9 Å². The summed E-state index contributed by atoms with van der Waals surface area (Å²) >= 11 is 0. The Morgan fingerprint density at radius 2 is 1.61 bits per heavy atom. The van der Waals surface area contributed by atoms with Gasteiger partial charge in [0.1, 0.15) is 0 Å². The zero-order valence-corrected chi connectivity index (χ0v) is 11.9. The molecule has 0 aliphatic carbocycles. The molecule has 0 N–H and O–H groups in total. The summed E-state index contributed by atoms with van der Waals surface area (Å²) in [6.45, 7) is 9.81. The van der Waals surface area contributed by atoms with Crippen LogP contribution in [-0.4, -0.2) is 22.9 Å². The van der Waals surface area contributed by atoms with Crippen LogP contribution in [0.2, 0.25) is 0 Å². The minimum atomic E-state index is -0.589. The van der Waals surface area contributed by atoms with Crippen molar-refractivity contribution in [3.05, 3.63) is 28.2 Å². The van der Waals surface area contributed by atoms with Crippen molar-refractivity contribution in [1.29, 1.82) is 0 Å². The Hall–Kier alpha value is -1.07. The Labute approximate surface area is 108 Å². The molecule has 0 bridgehead atoms. The predicted molar refractivity (Wildman–Crippen MR) is 72.1 cm³/mol. The van der Waals surface area contributed by atoms with Crippen molar-refractivity contribution >= 4 is 12.6 Å². The first-order valence-electron chi connectivity index (χ1n) is 6.18. The molecule has 1 saturated heterocycles. The van der Waals surface area contributed by atoms with E-state index < -0.39 is 18.3 Å². The normalized spacial score (nSPS) is 21.3. The molecular weight excluding hydrogens is 229 g/mol. The van der Waals surface area contributed by atoms with Crippen molar-refractivity contribution in [1.82, 2.24) is 4.57 Å². The van der Waals surface area contributed by atoms with Gasteiger partial charge in [-0.2, -0.15) is 0 Å². The Morgan fingerprint density at radius 1 is 1.11 bits per heavy atom. The standard InChI is InChI=1S/C13H20BNO3/c1-9-7-8-10(11(16)15(9)6)14-17-12(2,3)13(4,5)18-14/h7-8H,1-6H3. The molecule has 0 radical (unpaired) electrons. The summed E-state index contributed by atoms with van der Waals surface area (Å²) in [5, 5.41) is 0. The molecule has 18 heavy (non-hydrogen) atoms. The van der Waals surface area contributed by atoms with E-state index in [1.807, 2.05) is 40.7 Å². The minimum Gasteiger partial charge on any atom is -0.399 e. The summed E-state index contributed by atoms with van der Waals surface area (Å²) in [4.78, 5) is 12.2. The number of aryl methyl sites for hydroxylation is 1. The molecule has 0 amide bonds. The molecule has 1 aromatic rings. The first-order valence-corrected chi connectivity index (χ1v) is 6.18. The maximum atomic E-state index is 12.2. The van der Waals surface area contributed by atoms with Gasteiger partial charge in [-0.25, -0.2) is 0 Å². The Bertz CT molecular complexity index is 518. The van der Waals surface area contributed by atoms with Gasteiger partial charge in [-0.15, -0.1) is 0 Å². The van der Waals surface area contributed by atoms with Crippen LogP contribution in [0.1, 0.15) is 33.4 Å². The van der Waals surface area contributed by atoms with Gasteiger partial charge in [-0.3, -0.25) is 4.79 Å². The van der Waals surface area contributed by atoms with E-state index in [1.54, 1.807) is 17.7 Å². The highest BCUT2D eigenvalue weighted by molar-refractivity contribution is 6.61. The molecule has 2 rings (SSSR count). The first-order chi connectivity index (χ1) is 8.16. The molecule has 1 aliphatic heterocycles. The summed E-state index contributed by atoms with van der Waals surface area (Å²) in [7, 11) is 1.17. The number of hydrogen-bond donors (Lipinski definition) is 0. The van der Waals surface area contributed by atoms with Gasteiger partial charge in [0, 0.05) is 18.2 Å². The van der Waals surface area contributed by atoms with Crippen LogP contribution in [-0.2, 0) is 16.4 Å². The fraction of sp³-hybridized carbons (Fsp3) is 0.615. The second kappa shape index (κ2) is 3.97. The number of aromatic nitrogens is 1. The van der Waals surface area contributed by atoms with Gasteiger partial charge in [0.25, 0.3) is 0 Å². The highest BCUT2D eigenvalue weighted by Crippen LogP contribution is 2.36. The molecule has 1 fully saturated rings. The van der Waals surface area contributed by atoms with E-state index in [0.717, 1.165) is 5.69 Å². The van der Waals surface area contributed by atoms with Crippen molar-refractivity contribution < 1.29 is 9.31 Å². The largest absolute Gasteiger partial charge is 0.500 e. The number of nitrogens with zero attached hydrogens (tertiary/aromatic N) is 1. The third kappa shape index (κ3) is 1.91. The minimum absolute atomic E-state index is 0.0616. The monoisotopic (exact) mass is 249 g/mol. The van der Waals surface area contributed by atoms with Crippen LogP contribution >= 0.6 is 0 Å². The average Bonchev–Trinajstić information content (AvgIpc) is 2.45. The summed E-state index contributed by atoms with van der Waals surface area (Å²) in [5.74, 6) is 0. The maximum Gasteiger partial charge on any atom is 0.500 e. The molecule has 2 heterocycles. The molecule has 0 spiro atoms. The fourth-order valence-corrected chi connectivity index (χ4v) is 1.90. The third-order valence-corrected chi connectivity index (χ3v) is 4.09. The summed E-state index contributed by atoms with van der Waals surface area (Å²) in [6.07, 6.45) is 0. The molecule has 5 heteroatoms. The second-order valence-electron chi connectivity index (χ2n) is 5.88. The number of pyridine rings is 1. The van der Waals surface area contributed by atoms with E-state index in [4.69, 9.17) is 9.31 Å². The van der Waals surface area contributed by atoms with Crippen LogP contribution in [0.15, 0.2) is 16.9 Å². The summed E-state index contributed by atoms with van der Waals surface area (Å²) in [5.41, 5.74) is 0.566. The van der Waals surface area contributed by atoms with Crippen LogP contribution in [0.25, 0.3) is 0 Å². The van der Waals surface area contributed by atoms with Crippen molar-refractivity contribution in [2.24, 2.45) is 7.05 Å². The van der Waals surface area contributed by atoms with E-state index in [9.17, 15) is 4.79 Å². The number of rotatable bonds is 1. The zero-order chi connectivity index (χ0) is 13.7. The van der Waals surface area contributed by atoms with Crippen molar-refractivity contribution in [2.45, 2.75) is 45.8 Å². The van der Waals surface area contributed by atoms with Gasteiger partial charge in [0.05, 0.1) is 11.2 Å². The van der Waals surface area contributed by atoms with Crippen LogP contribution in [0, 0.1) is 6.92 Å². The van der Waals surface area contributed by atoms with E-state index in [-0.39, 0.29) is 5.56 Å². The zero-order valence-electron chi connectivity index (χ0n) is 11.9. The lowest BCUT2D eigenvalue weighted by molar-refractivity contribution is 0.00578. The third-order valence-electron chi connectivity index (χ3n) is 4.09. The molecule has 4 nitrogen and oxygen atoms in total. The molecular formula is C13H20BNO3. The SMILES string of the molecule is Cc1ccc(B2OC(C)(C)C(C)(C)O2)c(=O)n1C. The van der Waals surface area contributed by atoms with E-state index in [2.05, 4.69) is 0 Å². The Balaban J connectivity index is 2.42. The van der Waals surface area contributed by atoms with Gasteiger partial charge >= 0.3 is 7.12 Å². The van der Waals surface area contributed by atoms with Crippen LogP contribution < -0.4 is 11.0 Å². The molecule has 0 atom stereocenters. The van der Waals surface area contributed by atoms with Crippen LogP contribution in [0.5, 0.6) is 0 Å². The quantitative estimate of drug-likeness (QED) is 0.697. The van der Waals surface area contributed by atoms with E-state index in [1.165, 1.54) is 0 Å². The second-order valence-corrected chi connectivity index (χ2v) is 5.88. The topological polar surface area (TPSA) is 40.5 Å². The molecule has 0 unspecified atom stereocenters. The Kier molecular flexibility index (Phi) is 2.95. The summed E-state index contributed by atoms with van der Waals surface area (Å²) < 4.78 is 13.4. The lowest BCUT2D eigenvalue weighted by Gasteiger charge is -2.32. The first kappa shape index (κ1) is 13.4.